The lowest BCUT2D eigenvalue weighted by Crippen LogP contribution is -2.50. The summed E-state index contributed by atoms with van der Waals surface area (Å²) in [6.45, 7) is 4.19. The van der Waals surface area contributed by atoms with Crippen molar-refractivity contribution in [2.24, 2.45) is 5.92 Å². The highest BCUT2D eigenvalue weighted by Crippen LogP contribution is 2.29. The Morgan fingerprint density at radius 1 is 1.00 bits per heavy atom. The Morgan fingerprint density at radius 2 is 1.85 bits per heavy atom. The topological polar surface area (TPSA) is 61.4 Å². The van der Waals surface area contributed by atoms with E-state index in [1.54, 1.807) is 6.20 Å². The van der Waals surface area contributed by atoms with Gasteiger partial charge < -0.3 is 5.32 Å². The zero-order chi connectivity index (χ0) is 22.5. The van der Waals surface area contributed by atoms with Crippen molar-refractivity contribution in [1.29, 1.82) is 0 Å². The molecule has 1 amide bonds. The first kappa shape index (κ1) is 22.0. The number of rotatable bonds is 6. The van der Waals surface area contributed by atoms with E-state index in [0.29, 0.717) is 6.54 Å². The molecule has 0 bridgehead atoms. The van der Waals surface area contributed by atoms with Crippen LogP contribution in [-0.4, -0.2) is 53.5 Å². The highest BCUT2D eigenvalue weighted by molar-refractivity contribution is 5.94. The van der Waals surface area contributed by atoms with Crippen LogP contribution in [0.2, 0.25) is 0 Å². The van der Waals surface area contributed by atoms with Gasteiger partial charge in [0.15, 0.2) is 0 Å². The Hall–Kier alpha value is -2.83. The van der Waals surface area contributed by atoms with Crippen molar-refractivity contribution in [2.75, 3.05) is 37.6 Å². The minimum absolute atomic E-state index is 0.124. The monoisotopic (exact) mass is 443 g/mol. The third-order valence-electron chi connectivity index (χ3n) is 7.13. The lowest BCUT2D eigenvalue weighted by molar-refractivity contribution is -0.123. The Balaban J connectivity index is 1.37. The van der Waals surface area contributed by atoms with Crippen LogP contribution < -0.4 is 10.2 Å². The molecule has 1 N–H and O–H groups in total. The molecule has 3 heterocycles. The van der Waals surface area contributed by atoms with E-state index in [4.69, 9.17) is 4.98 Å². The molecule has 3 aromatic rings. The second-order valence-electron chi connectivity index (χ2n) is 9.19. The Labute approximate surface area is 196 Å². The fraction of sp³-hybridized carbons (Fsp3) is 0.444. The van der Waals surface area contributed by atoms with Crippen LogP contribution >= 0.6 is 0 Å². The number of amides is 1. The van der Waals surface area contributed by atoms with E-state index < -0.39 is 0 Å². The summed E-state index contributed by atoms with van der Waals surface area (Å²) >= 11 is 0. The lowest BCUT2D eigenvalue weighted by Gasteiger charge is -2.38. The maximum absolute atomic E-state index is 13.5. The quantitative estimate of drug-likeness (QED) is 0.619. The third-order valence-corrected chi connectivity index (χ3v) is 7.13. The van der Waals surface area contributed by atoms with Crippen LogP contribution in [0.15, 0.2) is 60.9 Å². The number of anilines is 1. The van der Waals surface area contributed by atoms with E-state index in [9.17, 15) is 4.79 Å². The minimum Gasteiger partial charge on any atom is -0.313 e. The molecule has 1 atom stereocenters. The number of nitrogens with zero attached hydrogens (tertiary/aromatic N) is 4. The van der Waals surface area contributed by atoms with Crippen molar-refractivity contribution in [3.63, 3.8) is 0 Å². The van der Waals surface area contributed by atoms with E-state index >= 15 is 0 Å². The van der Waals surface area contributed by atoms with E-state index in [0.717, 1.165) is 63.4 Å². The van der Waals surface area contributed by atoms with Crippen molar-refractivity contribution in [1.82, 2.24) is 20.2 Å². The molecule has 5 rings (SSSR count). The number of nitrogens with one attached hydrogen (secondary N) is 1. The molecule has 6 heteroatoms. The number of piperazine rings is 1. The van der Waals surface area contributed by atoms with Crippen molar-refractivity contribution in [2.45, 2.75) is 38.1 Å². The van der Waals surface area contributed by atoms with Gasteiger partial charge in [0.1, 0.15) is 5.82 Å². The normalized spacial score (nSPS) is 20.1. The molecule has 2 aromatic heterocycles. The molecule has 172 valence electrons. The first-order valence-electron chi connectivity index (χ1n) is 12.3. The van der Waals surface area contributed by atoms with Crippen LogP contribution in [0, 0.1) is 5.92 Å². The zero-order valence-corrected chi connectivity index (χ0v) is 19.2. The van der Waals surface area contributed by atoms with Crippen molar-refractivity contribution in [3.05, 3.63) is 66.6 Å². The summed E-state index contributed by atoms with van der Waals surface area (Å²) in [6, 6.07) is 16.6. The molecule has 1 unspecified atom stereocenters. The predicted octanol–water partition coefficient (Wildman–Crippen LogP) is 4.19. The number of carbonyl (C=O) groups excluding carboxylic acids is 1. The van der Waals surface area contributed by atoms with Gasteiger partial charge in [-0.1, -0.05) is 49.6 Å². The average molecular weight is 444 g/mol. The molecule has 6 nitrogen and oxygen atoms in total. The van der Waals surface area contributed by atoms with Gasteiger partial charge in [-0.05, 0) is 36.4 Å². The van der Waals surface area contributed by atoms with Gasteiger partial charge in [0.05, 0.1) is 11.7 Å². The summed E-state index contributed by atoms with van der Waals surface area (Å²) in [4.78, 5) is 27.3. The van der Waals surface area contributed by atoms with Crippen LogP contribution in [-0.2, 0) is 4.79 Å². The molecule has 33 heavy (non-hydrogen) atoms. The zero-order valence-electron chi connectivity index (χ0n) is 19.2. The third kappa shape index (κ3) is 4.92. The standard InChI is InChI=1S/C27H33N5O/c33-27(22-9-2-1-3-10-22)32(25-12-6-7-14-29-25)19-18-31-17-16-28-20-24(31)26-23-11-5-4-8-21(23)13-15-30-26/h4-8,11-15,22,24,28H,1-3,9-10,16-20H2. The van der Waals surface area contributed by atoms with Crippen molar-refractivity contribution < 1.29 is 4.79 Å². The number of carbonyl (C=O) groups is 1. The highest BCUT2D eigenvalue weighted by Gasteiger charge is 2.30. The first-order valence-corrected chi connectivity index (χ1v) is 12.3. The largest absolute Gasteiger partial charge is 0.313 e. The van der Waals surface area contributed by atoms with Crippen LogP contribution in [0.4, 0.5) is 5.82 Å². The van der Waals surface area contributed by atoms with Crippen LogP contribution in [0.25, 0.3) is 10.8 Å². The van der Waals surface area contributed by atoms with Gasteiger partial charge in [0.25, 0.3) is 0 Å². The molecule has 2 aliphatic rings. The summed E-state index contributed by atoms with van der Waals surface area (Å²) < 4.78 is 0. The Kier molecular flexibility index (Phi) is 6.93. The van der Waals surface area contributed by atoms with Crippen molar-refractivity contribution >= 4 is 22.5 Å². The molecule has 1 aromatic carbocycles. The van der Waals surface area contributed by atoms with E-state index in [1.807, 2.05) is 29.3 Å². The number of pyridine rings is 2. The molecule has 2 fully saturated rings. The van der Waals surface area contributed by atoms with Crippen LogP contribution in [0.5, 0.6) is 0 Å². The molecular formula is C27H33N5O. The van der Waals surface area contributed by atoms with Gasteiger partial charge in [0.2, 0.25) is 5.91 Å². The number of hydrogen-bond acceptors (Lipinski definition) is 5. The van der Waals surface area contributed by atoms with E-state index in [-0.39, 0.29) is 17.9 Å². The molecule has 1 aliphatic heterocycles. The van der Waals surface area contributed by atoms with Gasteiger partial charge in [0, 0.05) is 56.4 Å². The molecule has 1 saturated carbocycles. The summed E-state index contributed by atoms with van der Waals surface area (Å²) in [5.41, 5.74) is 1.11. The van der Waals surface area contributed by atoms with Crippen LogP contribution in [0.3, 0.4) is 0 Å². The molecular weight excluding hydrogens is 410 g/mol. The summed E-state index contributed by atoms with van der Waals surface area (Å²) in [7, 11) is 0. The lowest BCUT2D eigenvalue weighted by atomic mass is 9.88. The minimum atomic E-state index is 0.124. The molecule has 1 saturated heterocycles. The van der Waals surface area contributed by atoms with E-state index in [2.05, 4.69) is 45.5 Å². The Morgan fingerprint density at radius 3 is 2.70 bits per heavy atom. The summed E-state index contributed by atoms with van der Waals surface area (Å²) in [5, 5.41) is 5.97. The predicted molar refractivity (Wildman–Crippen MR) is 132 cm³/mol. The van der Waals surface area contributed by atoms with Crippen molar-refractivity contribution in [3.8, 4) is 0 Å². The number of hydrogen-bond donors (Lipinski definition) is 1. The van der Waals surface area contributed by atoms with E-state index in [1.165, 1.54) is 17.2 Å². The Bertz CT molecular complexity index is 1060. The number of aromatic nitrogens is 2. The average Bonchev–Trinajstić information content (AvgIpc) is 2.90. The van der Waals surface area contributed by atoms with Gasteiger partial charge in [-0.3, -0.25) is 19.6 Å². The maximum atomic E-state index is 13.5. The van der Waals surface area contributed by atoms with Gasteiger partial charge in [-0.15, -0.1) is 0 Å². The fourth-order valence-electron chi connectivity index (χ4n) is 5.34. The fourth-order valence-corrected chi connectivity index (χ4v) is 5.34. The number of fused-ring (bicyclic) bond motifs is 1. The maximum Gasteiger partial charge on any atom is 0.231 e. The van der Waals surface area contributed by atoms with Gasteiger partial charge >= 0.3 is 0 Å². The first-order chi connectivity index (χ1) is 16.3. The molecule has 0 spiro atoms. The molecule has 0 radical (unpaired) electrons. The second-order valence-corrected chi connectivity index (χ2v) is 9.19. The second kappa shape index (κ2) is 10.4. The smallest absolute Gasteiger partial charge is 0.231 e. The molecule has 1 aliphatic carbocycles. The SMILES string of the molecule is O=C(C1CCCCC1)N(CCN1CCNCC1c1nccc2ccccc12)c1ccccn1. The summed E-state index contributed by atoms with van der Waals surface area (Å²) in [5.74, 6) is 1.13. The van der Waals surface area contributed by atoms with Gasteiger partial charge in [-0.25, -0.2) is 4.98 Å². The summed E-state index contributed by atoms with van der Waals surface area (Å²) in [6.07, 6.45) is 9.24. The number of benzene rings is 1. The van der Waals surface area contributed by atoms with Crippen LogP contribution in [0.1, 0.15) is 43.8 Å². The highest BCUT2D eigenvalue weighted by atomic mass is 16.2. The van der Waals surface area contributed by atoms with Gasteiger partial charge in [-0.2, -0.15) is 0 Å².